The van der Waals surface area contributed by atoms with E-state index in [0.29, 0.717) is 23.8 Å². The van der Waals surface area contributed by atoms with E-state index in [1.54, 1.807) is 12.1 Å². The first-order valence-corrected chi connectivity index (χ1v) is 6.44. The number of hydrogen-bond donors (Lipinski definition) is 1. The maximum Gasteiger partial charge on any atom is 0.269 e. The van der Waals surface area contributed by atoms with Crippen molar-refractivity contribution in [1.29, 1.82) is 0 Å². The summed E-state index contributed by atoms with van der Waals surface area (Å²) in [5.74, 6) is 0.992. The highest BCUT2D eigenvalue weighted by Gasteiger charge is 2.17. The Labute approximate surface area is 115 Å². The second kappa shape index (κ2) is 6.25. The van der Waals surface area contributed by atoms with E-state index in [9.17, 15) is 10.1 Å². The number of benzene rings is 1. The molecule has 0 saturated carbocycles. The number of nitro benzene ring substituents is 1. The Kier molecular flexibility index (Phi) is 4.41. The molecule has 1 aromatic heterocycles. The maximum absolute atomic E-state index is 10.6. The number of nitro groups is 1. The van der Waals surface area contributed by atoms with E-state index in [2.05, 4.69) is 17.1 Å². The van der Waals surface area contributed by atoms with E-state index in [1.165, 1.54) is 12.1 Å². The number of non-ortho nitro benzene ring substituents is 1. The van der Waals surface area contributed by atoms with Crippen LogP contribution in [-0.2, 0) is 0 Å². The lowest BCUT2D eigenvalue weighted by atomic mass is 10.0. The molecule has 106 valence electrons. The Hall–Kier alpha value is -2.28. The summed E-state index contributed by atoms with van der Waals surface area (Å²) in [5, 5.41) is 14.5. The van der Waals surface area contributed by atoms with Crippen molar-refractivity contribution in [3.63, 3.8) is 0 Å². The zero-order chi connectivity index (χ0) is 14.5. The number of nitrogens with zero attached hydrogens (tertiary/aromatic N) is 3. The summed E-state index contributed by atoms with van der Waals surface area (Å²) in [6, 6.07) is 6.03. The summed E-state index contributed by atoms with van der Waals surface area (Å²) in [4.78, 5) is 14.5. The fourth-order valence-electron chi connectivity index (χ4n) is 1.94. The summed E-state index contributed by atoms with van der Waals surface area (Å²) in [5.41, 5.74) is 6.40. The van der Waals surface area contributed by atoms with Crippen molar-refractivity contribution in [3.8, 4) is 11.4 Å². The lowest BCUT2D eigenvalue weighted by Gasteiger charge is -2.06. The summed E-state index contributed by atoms with van der Waals surface area (Å²) in [6.07, 6.45) is 1.87. The Morgan fingerprint density at radius 3 is 2.65 bits per heavy atom. The molecule has 0 amide bonds. The van der Waals surface area contributed by atoms with Crippen molar-refractivity contribution in [2.45, 2.75) is 25.7 Å². The van der Waals surface area contributed by atoms with Crippen LogP contribution in [0.2, 0.25) is 0 Å². The average molecular weight is 276 g/mol. The van der Waals surface area contributed by atoms with Crippen LogP contribution in [0.3, 0.4) is 0 Å². The lowest BCUT2D eigenvalue weighted by Crippen LogP contribution is -2.12. The van der Waals surface area contributed by atoms with Crippen LogP contribution in [-0.4, -0.2) is 21.6 Å². The van der Waals surface area contributed by atoms with Gasteiger partial charge in [0.1, 0.15) is 0 Å². The fraction of sp³-hybridized carbons (Fsp3) is 0.385. The van der Waals surface area contributed by atoms with Gasteiger partial charge in [0.2, 0.25) is 11.7 Å². The maximum atomic E-state index is 10.6. The van der Waals surface area contributed by atoms with Crippen molar-refractivity contribution in [1.82, 2.24) is 10.1 Å². The molecule has 0 saturated heterocycles. The van der Waals surface area contributed by atoms with Gasteiger partial charge in [0.05, 0.1) is 10.8 Å². The number of hydrogen-bond acceptors (Lipinski definition) is 6. The van der Waals surface area contributed by atoms with Crippen molar-refractivity contribution in [2.24, 2.45) is 5.73 Å². The van der Waals surface area contributed by atoms with Gasteiger partial charge in [-0.2, -0.15) is 4.98 Å². The molecule has 2 N–H and O–H groups in total. The van der Waals surface area contributed by atoms with Gasteiger partial charge in [0.25, 0.3) is 5.69 Å². The monoisotopic (exact) mass is 276 g/mol. The summed E-state index contributed by atoms with van der Waals surface area (Å²) in [6.45, 7) is 2.52. The van der Waals surface area contributed by atoms with E-state index >= 15 is 0 Å². The third-order valence-corrected chi connectivity index (χ3v) is 3.05. The van der Waals surface area contributed by atoms with Crippen LogP contribution in [0.1, 0.15) is 31.6 Å². The molecule has 0 bridgehead atoms. The van der Waals surface area contributed by atoms with Gasteiger partial charge < -0.3 is 10.3 Å². The third kappa shape index (κ3) is 3.00. The van der Waals surface area contributed by atoms with Crippen molar-refractivity contribution in [2.75, 3.05) is 6.54 Å². The molecule has 7 nitrogen and oxygen atoms in total. The predicted molar refractivity (Wildman–Crippen MR) is 73.1 cm³/mol. The fourth-order valence-corrected chi connectivity index (χ4v) is 1.94. The SMILES string of the molecule is CCCC(CN)c1nc(-c2ccc([N+](=O)[O-])cc2)no1. The van der Waals surface area contributed by atoms with Gasteiger partial charge in [0.15, 0.2) is 0 Å². The number of aromatic nitrogens is 2. The van der Waals surface area contributed by atoms with Crippen LogP contribution >= 0.6 is 0 Å². The van der Waals surface area contributed by atoms with E-state index in [4.69, 9.17) is 10.3 Å². The molecule has 2 aromatic rings. The van der Waals surface area contributed by atoms with Crippen LogP contribution in [0, 0.1) is 10.1 Å². The van der Waals surface area contributed by atoms with E-state index in [-0.39, 0.29) is 11.6 Å². The molecule has 0 aliphatic heterocycles. The van der Waals surface area contributed by atoms with Gasteiger partial charge in [0, 0.05) is 24.2 Å². The minimum absolute atomic E-state index is 0.0308. The molecule has 2 rings (SSSR count). The molecule has 20 heavy (non-hydrogen) atoms. The Bertz CT molecular complexity index is 580. The van der Waals surface area contributed by atoms with Gasteiger partial charge in [-0.15, -0.1) is 0 Å². The molecule has 0 aliphatic carbocycles. The average Bonchev–Trinajstić information content (AvgIpc) is 2.94. The van der Waals surface area contributed by atoms with Gasteiger partial charge in [-0.3, -0.25) is 10.1 Å². The highest BCUT2D eigenvalue weighted by Crippen LogP contribution is 2.23. The minimum atomic E-state index is -0.447. The second-order valence-electron chi connectivity index (χ2n) is 4.48. The summed E-state index contributed by atoms with van der Waals surface area (Å²) < 4.78 is 5.23. The Morgan fingerprint density at radius 2 is 2.10 bits per heavy atom. The van der Waals surface area contributed by atoms with E-state index in [0.717, 1.165) is 12.8 Å². The Balaban J connectivity index is 2.21. The van der Waals surface area contributed by atoms with Gasteiger partial charge in [-0.1, -0.05) is 18.5 Å². The normalized spacial score (nSPS) is 12.3. The molecule has 7 heteroatoms. The second-order valence-corrected chi connectivity index (χ2v) is 4.48. The highest BCUT2D eigenvalue weighted by molar-refractivity contribution is 5.56. The minimum Gasteiger partial charge on any atom is -0.339 e. The topological polar surface area (TPSA) is 108 Å². The molecule has 1 unspecified atom stereocenters. The largest absolute Gasteiger partial charge is 0.339 e. The molecule has 1 heterocycles. The van der Waals surface area contributed by atoms with Crippen LogP contribution in [0.25, 0.3) is 11.4 Å². The van der Waals surface area contributed by atoms with E-state index in [1.807, 2.05) is 0 Å². The molecule has 1 aromatic carbocycles. The van der Waals surface area contributed by atoms with Crippen molar-refractivity contribution >= 4 is 5.69 Å². The molecule has 0 fully saturated rings. The number of rotatable bonds is 6. The van der Waals surface area contributed by atoms with E-state index < -0.39 is 4.92 Å². The first-order valence-electron chi connectivity index (χ1n) is 6.44. The quantitative estimate of drug-likeness (QED) is 0.641. The summed E-state index contributed by atoms with van der Waals surface area (Å²) >= 11 is 0. The molecule has 1 atom stereocenters. The van der Waals surface area contributed by atoms with Crippen LogP contribution < -0.4 is 5.73 Å². The lowest BCUT2D eigenvalue weighted by molar-refractivity contribution is -0.384. The first-order chi connectivity index (χ1) is 9.65. The van der Waals surface area contributed by atoms with Gasteiger partial charge in [-0.05, 0) is 18.6 Å². The zero-order valence-corrected chi connectivity index (χ0v) is 11.2. The van der Waals surface area contributed by atoms with Crippen LogP contribution in [0.5, 0.6) is 0 Å². The Morgan fingerprint density at radius 1 is 1.40 bits per heavy atom. The molecule has 0 aliphatic rings. The van der Waals surface area contributed by atoms with Crippen LogP contribution in [0.4, 0.5) is 5.69 Å². The number of nitrogens with two attached hydrogens (primary N) is 1. The van der Waals surface area contributed by atoms with Gasteiger partial charge in [-0.25, -0.2) is 0 Å². The van der Waals surface area contributed by atoms with Crippen molar-refractivity contribution < 1.29 is 9.45 Å². The van der Waals surface area contributed by atoms with Crippen molar-refractivity contribution in [3.05, 3.63) is 40.3 Å². The molecule has 0 spiro atoms. The molecule has 0 radical (unpaired) electrons. The highest BCUT2D eigenvalue weighted by atomic mass is 16.6. The van der Waals surface area contributed by atoms with Gasteiger partial charge >= 0.3 is 0 Å². The first kappa shape index (κ1) is 14.1. The summed E-state index contributed by atoms with van der Waals surface area (Å²) in [7, 11) is 0. The molecular weight excluding hydrogens is 260 g/mol. The molecular formula is C13H16N4O3. The zero-order valence-electron chi connectivity index (χ0n) is 11.2. The standard InChI is InChI=1S/C13H16N4O3/c1-2-3-10(8-14)13-15-12(16-20-13)9-4-6-11(7-5-9)17(18)19/h4-7,10H,2-3,8,14H2,1H3. The third-order valence-electron chi connectivity index (χ3n) is 3.05. The predicted octanol–water partition coefficient (Wildman–Crippen LogP) is 2.49. The van der Waals surface area contributed by atoms with Crippen LogP contribution in [0.15, 0.2) is 28.8 Å². The smallest absolute Gasteiger partial charge is 0.269 e.